The molecule has 0 atom stereocenters. The summed E-state index contributed by atoms with van der Waals surface area (Å²) < 4.78 is 10.4. The number of hydrogen-bond acceptors (Lipinski definition) is 5. The van der Waals surface area contributed by atoms with Gasteiger partial charge >= 0.3 is 0 Å². The fourth-order valence-electron chi connectivity index (χ4n) is 1.89. The largest absolute Gasteiger partial charge is 0.493 e. The van der Waals surface area contributed by atoms with Crippen LogP contribution in [0.3, 0.4) is 0 Å². The summed E-state index contributed by atoms with van der Waals surface area (Å²) in [4.78, 5) is 5.24. The first-order valence-electron chi connectivity index (χ1n) is 6.64. The summed E-state index contributed by atoms with van der Waals surface area (Å²) in [7, 11) is 3.16. The lowest BCUT2D eigenvalue weighted by molar-refractivity contribution is 0.132. The average Bonchev–Trinajstić information content (AvgIpc) is 2.58. The first kappa shape index (κ1) is 15.4. The van der Waals surface area contributed by atoms with Crippen molar-refractivity contribution < 1.29 is 14.3 Å². The molecule has 0 saturated heterocycles. The molecule has 0 amide bonds. The van der Waals surface area contributed by atoms with Gasteiger partial charge in [0.15, 0.2) is 11.5 Å². The summed E-state index contributed by atoms with van der Waals surface area (Å²) in [5, 5.41) is 12.9. The van der Waals surface area contributed by atoms with Gasteiger partial charge in [0.25, 0.3) is 0 Å². The number of benzene rings is 2. The third-order valence-electron chi connectivity index (χ3n) is 3.04. The van der Waals surface area contributed by atoms with Gasteiger partial charge in [-0.15, -0.1) is 0 Å². The average molecular weight is 296 g/mol. The van der Waals surface area contributed by atoms with E-state index in [4.69, 9.17) is 19.6 Å². The lowest BCUT2D eigenvalue weighted by Crippen LogP contribution is -1.93. The molecule has 2 aromatic carbocycles. The van der Waals surface area contributed by atoms with Crippen LogP contribution in [0.25, 0.3) is 0 Å². The van der Waals surface area contributed by atoms with Gasteiger partial charge in [0.05, 0.1) is 32.1 Å². The predicted molar refractivity (Wildman–Crippen MR) is 83.1 cm³/mol. The molecule has 5 heteroatoms. The van der Waals surface area contributed by atoms with Gasteiger partial charge in [0.2, 0.25) is 0 Å². The van der Waals surface area contributed by atoms with Crippen molar-refractivity contribution in [2.75, 3.05) is 14.2 Å². The molecule has 0 N–H and O–H groups in total. The number of ether oxygens (including phenoxy) is 2. The van der Waals surface area contributed by atoms with Gasteiger partial charge in [-0.25, -0.2) is 0 Å². The number of nitriles is 1. The summed E-state index contributed by atoms with van der Waals surface area (Å²) in [5.41, 5.74) is 2.21. The summed E-state index contributed by atoms with van der Waals surface area (Å²) in [6.45, 7) is 0.244. The van der Waals surface area contributed by atoms with Crippen LogP contribution < -0.4 is 9.47 Å². The van der Waals surface area contributed by atoms with Crippen LogP contribution in [0, 0.1) is 11.3 Å². The molecule has 5 nitrogen and oxygen atoms in total. The van der Waals surface area contributed by atoms with E-state index in [1.807, 2.05) is 24.3 Å². The molecule has 2 rings (SSSR count). The lowest BCUT2D eigenvalue weighted by Gasteiger charge is -2.07. The quantitative estimate of drug-likeness (QED) is 0.607. The van der Waals surface area contributed by atoms with E-state index in [0.717, 1.165) is 11.1 Å². The number of rotatable bonds is 6. The fraction of sp³-hybridized carbons (Fsp3) is 0.176. The molecular weight excluding hydrogens is 280 g/mol. The highest BCUT2D eigenvalue weighted by atomic mass is 16.6. The van der Waals surface area contributed by atoms with E-state index in [2.05, 4.69) is 11.2 Å². The normalized spacial score (nSPS) is 10.2. The fourth-order valence-corrected chi connectivity index (χ4v) is 1.89. The predicted octanol–water partition coefficient (Wildman–Crippen LogP) is 3.13. The molecule has 0 aliphatic heterocycles. The van der Waals surface area contributed by atoms with E-state index in [-0.39, 0.29) is 6.61 Å². The van der Waals surface area contributed by atoms with Crippen molar-refractivity contribution in [1.29, 1.82) is 5.26 Å². The summed E-state index contributed by atoms with van der Waals surface area (Å²) in [5.74, 6) is 1.28. The Kier molecular flexibility index (Phi) is 5.38. The molecule has 0 heterocycles. The van der Waals surface area contributed by atoms with Crippen LogP contribution in [0.5, 0.6) is 11.5 Å². The maximum atomic E-state index is 8.99. The van der Waals surface area contributed by atoms with E-state index in [0.29, 0.717) is 17.1 Å². The number of hydrogen-bond donors (Lipinski definition) is 0. The van der Waals surface area contributed by atoms with E-state index in [1.165, 1.54) is 0 Å². The monoisotopic (exact) mass is 296 g/mol. The second kappa shape index (κ2) is 7.70. The highest BCUT2D eigenvalue weighted by Crippen LogP contribution is 2.26. The highest BCUT2D eigenvalue weighted by Gasteiger charge is 2.03. The summed E-state index contributed by atoms with van der Waals surface area (Å²) in [6, 6.07) is 14.8. The standard InChI is InChI=1S/C17H16N2O3/c1-20-16-8-7-13(9-17(16)21-2)11-19-22-12-15-6-4-3-5-14(15)10-18/h3-9,11H,12H2,1-2H3/b19-11-. The van der Waals surface area contributed by atoms with Crippen LogP contribution in [0.15, 0.2) is 47.6 Å². The molecule has 0 spiro atoms. The Morgan fingerprint density at radius 3 is 2.59 bits per heavy atom. The molecule has 0 saturated carbocycles. The Balaban J connectivity index is 2.00. The Bertz CT molecular complexity index is 705. The van der Waals surface area contributed by atoms with Crippen LogP contribution in [0.2, 0.25) is 0 Å². The van der Waals surface area contributed by atoms with Crippen LogP contribution >= 0.6 is 0 Å². The molecule has 0 unspecified atom stereocenters. The maximum Gasteiger partial charge on any atom is 0.161 e. The second-order valence-electron chi connectivity index (χ2n) is 4.39. The van der Waals surface area contributed by atoms with Crippen molar-refractivity contribution in [1.82, 2.24) is 0 Å². The van der Waals surface area contributed by atoms with Crippen molar-refractivity contribution in [3.8, 4) is 17.6 Å². The smallest absolute Gasteiger partial charge is 0.161 e. The minimum atomic E-state index is 0.244. The second-order valence-corrected chi connectivity index (χ2v) is 4.39. The minimum absolute atomic E-state index is 0.244. The van der Waals surface area contributed by atoms with Crippen molar-refractivity contribution in [2.45, 2.75) is 6.61 Å². The summed E-state index contributed by atoms with van der Waals surface area (Å²) in [6.07, 6.45) is 1.58. The number of oxime groups is 1. The van der Waals surface area contributed by atoms with E-state index in [1.54, 1.807) is 38.6 Å². The Morgan fingerprint density at radius 1 is 1.09 bits per heavy atom. The zero-order valence-electron chi connectivity index (χ0n) is 12.4. The van der Waals surface area contributed by atoms with Gasteiger partial charge in [-0.1, -0.05) is 23.4 Å². The zero-order valence-corrected chi connectivity index (χ0v) is 12.4. The zero-order chi connectivity index (χ0) is 15.8. The summed E-state index contributed by atoms with van der Waals surface area (Å²) >= 11 is 0. The minimum Gasteiger partial charge on any atom is -0.493 e. The molecule has 0 aliphatic rings. The van der Waals surface area contributed by atoms with E-state index in [9.17, 15) is 0 Å². The third-order valence-corrected chi connectivity index (χ3v) is 3.04. The molecule has 22 heavy (non-hydrogen) atoms. The Hall–Kier alpha value is -3.00. The SMILES string of the molecule is COc1ccc(/C=N\OCc2ccccc2C#N)cc1OC. The van der Waals surface area contributed by atoms with Gasteiger partial charge in [-0.2, -0.15) is 5.26 Å². The van der Waals surface area contributed by atoms with Crippen molar-refractivity contribution in [2.24, 2.45) is 5.16 Å². The third kappa shape index (κ3) is 3.76. The highest BCUT2D eigenvalue weighted by molar-refractivity contribution is 5.80. The molecule has 0 aliphatic carbocycles. The molecule has 2 aromatic rings. The first-order chi connectivity index (χ1) is 10.8. The molecular formula is C17H16N2O3. The topological polar surface area (TPSA) is 63.8 Å². The van der Waals surface area contributed by atoms with Crippen LogP contribution in [0.1, 0.15) is 16.7 Å². The van der Waals surface area contributed by atoms with Gasteiger partial charge in [-0.3, -0.25) is 0 Å². The number of methoxy groups -OCH3 is 2. The van der Waals surface area contributed by atoms with Crippen molar-refractivity contribution in [3.05, 3.63) is 59.2 Å². The van der Waals surface area contributed by atoms with Crippen LogP contribution in [-0.4, -0.2) is 20.4 Å². The van der Waals surface area contributed by atoms with Crippen LogP contribution in [0.4, 0.5) is 0 Å². The van der Waals surface area contributed by atoms with E-state index < -0.39 is 0 Å². The lowest BCUT2D eigenvalue weighted by atomic mass is 10.1. The van der Waals surface area contributed by atoms with Crippen molar-refractivity contribution in [3.63, 3.8) is 0 Å². The molecule has 0 bridgehead atoms. The van der Waals surface area contributed by atoms with Gasteiger partial charge in [0.1, 0.15) is 6.61 Å². The van der Waals surface area contributed by atoms with Gasteiger partial charge < -0.3 is 14.3 Å². The Morgan fingerprint density at radius 2 is 1.86 bits per heavy atom. The molecule has 0 aromatic heterocycles. The molecule has 112 valence electrons. The van der Waals surface area contributed by atoms with Crippen molar-refractivity contribution >= 4 is 6.21 Å². The maximum absolute atomic E-state index is 8.99. The molecule has 0 fully saturated rings. The number of nitrogens with zero attached hydrogens (tertiary/aromatic N) is 2. The van der Waals surface area contributed by atoms with Gasteiger partial charge in [0, 0.05) is 11.1 Å². The van der Waals surface area contributed by atoms with E-state index >= 15 is 0 Å². The van der Waals surface area contributed by atoms with Gasteiger partial charge in [-0.05, 0) is 24.3 Å². The Labute approximate surface area is 129 Å². The first-order valence-corrected chi connectivity index (χ1v) is 6.64. The van der Waals surface area contributed by atoms with Crippen LogP contribution in [-0.2, 0) is 11.4 Å². The molecule has 0 radical (unpaired) electrons.